The Bertz CT molecular complexity index is 1220. The van der Waals surface area contributed by atoms with Crippen LogP contribution in [-0.4, -0.2) is 48.0 Å². The molecule has 3 N–H and O–H groups in total. The standard InChI is InChI=1S/C18H19F2N9O/c1-28-6-12(23-8-28)24-16-13-15(27-29(2)17(13)26-18(21)25-16)10(7-30-3)14-11(20)4-9(19)5-22-14/h4-6,8,10H,7H2,1-3H3,(H3,21,24,25,26)/t10-/m1/s1. The van der Waals surface area contributed by atoms with Gasteiger partial charge in [-0.05, 0) is 0 Å². The van der Waals surface area contributed by atoms with Gasteiger partial charge in [0.1, 0.15) is 23.3 Å². The van der Waals surface area contributed by atoms with Crippen molar-refractivity contribution in [1.29, 1.82) is 0 Å². The lowest BCUT2D eigenvalue weighted by molar-refractivity contribution is 0.186. The second kappa shape index (κ2) is 7.63. The van der Waals surface area contributed by atoms with Crippen LogP contribution in [0.4, 0.5) is 26.4 Å². The largest absolute Gasteiger partial charge is 0.384 e. The Balaban J connectivity index is 1.92. The lowest BCUT2D eigenvalue weighted by Gasteiger charge is -2.15. The Labute approximate surface area is 169 Å². The van der Waals surface area contributed by atoms with Crippen LogP contribution in [0, 0.1) is 11.6 Å². The Morgan fingerprint density at radius 2 is 2.00 bits per heavy atom. The van der Waals surface area contributed by atoms with Crippen LogP contribution in [0.15, 0.2) is 24.8 Å². The first-order chi connectivity index (χ1) is 14.4. The van der Waals surface area contributed by atoms with Crippen LogP contribution in [0.25, 0.3) is 11.0 Å². The molecule has 4 rings (SSSR count). The fourth-order valence-electron chi connectivity index (χ4n) is 3.26. The summed E-state index contributed by atoms with van der Waals surface area (Å²) in [6.45, 7) is 0.0507. The minimum Gasteiger partial charge on any atom is -0.384 e. The number of nitrogens with two attached hydrogens (primary N) is 1. The number of nitrogens with one attached hydrogen (secondary N) is 1. The number of rotatable bonds is 6. The zero-order valence-corrected chi connectivity index (χ0v) is 16.5. The smallest absolute Gasteiger partial charge is 0.224 e. The molecule has 0 saturated carbocycles. The molecule has 4 heterocycles. The minimum absolute atomic E-state index is 0.00105. The number of fused-ring (bicyclic) bond motifs is 1. The molecule has 4 aromatic rings. The number of halogens is 2. The van der Waals surface area contributed by atoms with Gasteiger partial charge in [-0.1, -0.05) is 0 Å². The fourth-order valence-corrected chi connectivity index (χ4v) is 3.26. The first-order valence-corrected chi connectivity index (χ1v) is 8.92. The first kappa shape index (κ1) is 19.6. The summed E-state index contributed by atoms with van der Waals surface area (Å²) in [7, 11) is 4.98. The zero-order valence-electron chi connectivity index (χ0n) is 16.5. The maximum Gasteiger partial charge on any atom is 0.224 e. The highest BCUT2D eigenvalue weighted by atomic mass is 19.1. The third kappa shape index (κ3) is 3.52. The molecular formula is C18H19F2N9O. The van der Waals surface area contributed by atoms with Gasteiger partial charge in [-0.15, -0.1) is 0 Å². The third-order valence-electron chi connectivity index (χ3n) is 4.51. The number of anilines is 3. The first-order valence-electron chi connectivity index (χ1n) is 8.92. The maximum atomic E-state index is 14.6. The molecule has 12 heteroatoms. The van der Waals surface area contributed by atoms with Crippen molar-refractivity contribution in [1.82, 2.24) is 34.3 Å². The van der Waals surface area contributed by atoms with Gasteiger partial charge in [0, 0.05) is 33.5 Å². The van der Waals surface area contributed by atoms with E-state index in [1.54, 1.807) is 24.1 Å². The highest BCUT2D eigenvalue weighted by Gasteiger charge is 2.28. The number of aromatic nitrogens is 7. The van der Waals surface area contributed by atoms with Crippen molar-refractivity contribution in [3.63, 3.8) is 0 Å². The SMILES string of the molecule is COC[C@H](c1ncc(F)cc1F)c1nn(C)c2nc(N)nc(Nc3cn(C)cn3)c12. The summed E-state index contributed by atoms with van der Waals surface area (Å²) in [4.78, 5) is 16.7. The molecule has 4 aromatic heterocycles. The Kier molecular flexibility index (Phi) is 4.99. The van der Waals surface area contributed by atoms with Crippen molar-refractivity contribution >= 4 is 28.6 Å². The van der Waals surface area contributed by atoms with E-state index in [9.17, 15) is 8.78 Å². The van der Waals surface area contributed by atoms with Gasteiger partial charge in [0.2, 0.25) is 5.95 Å². The number of nitrogen functional groups attached to an aromatic ring is 1. The van der Waals surface area contributed by atoms with Crippen molar-refractivity contribution in [3.05, 3.63) is 47.8 Å². The highest BCUT2D eigenvalue weighted by Crippen LogP contribution is 2.34. The Morgan fingerprint density at radius 1 is 1.20 bits per heavy atom. The van der Waals surface area contributed by atoms with E-state index in [1.807, 2.05) is 7.05 Å². The monoisotopic (exact) mass is 415 g/mol. The van der Waals surface area contributed by atoms with Crippen molar-refractivity contribution < 1.29 is 13.5 Å². The Hall–Kier alpha value is -3.67. The van der Waals surface area contributed by atoms with Gasteiger partial charge in [-0.3, -0.25) is 4.98 Å². The number of imidazole rings is 1. The van der Waals surface area contributed by atoms with E-state index >= 15 is 0 Å². The highest BCUT2D eigenvalue weighted by molar-refractivity contribution is 5.92. The van der Waals surface area contributed by atoms with Gasteiger partial charge < -0.3 is 20.4 Å². The molecule has 0 amide bonds. The van der Waals surface area contributed by atoms with Gasteiger partial charge >= 0.3 is 0 Å². The molecule has 0 aliphatic carbocycles. The van der Waals surface area contributed by atoms with Gasteiger partial charge in [-0.2, -0.15) is 15.1 Å². The lowest BCUT2D eigenvalue weighted by Crippen LogP contribution is -2.14. The predicted octanol–water partition coefficient (Wildman–Crippen LogP) is 1.87. The molecule has 0 bridgehead atoms. The summed E-state index contributed by atoms with van der Waals surface area (Å²) in [6, 6.07) is 0.775. The van der Waals surface area contributed by atoms with Crippen molar-refractivity contribution in [3.8, 4) is 0 Å². The van der Waals surface area contributed by atoms with Crippen LogP contribution in [-0.2, 0) is 18.8 Å². The summed E-state index contributed by atoms with van der Waals surface area (Å²) in [5.41, 5.74) is 6.72. The van der Waals surface area contributed by atoms with E-state index in [2.05, 4.69) is 30.4 Å². The summed E-state index contributed by atoms with van der Waals surface area (Å²) < 4.78 is 36.5. The van der Waals surface area contributed by atoms with Crippen LogP contribution in [0.1, 0.15) is 17.3 Å². The van der Waals surface area contributed by atoms with Gasteiger partial charge in [-0.25, -0.2) is 18.4 Å². The molecule has 0 unspecified atom stereocenters. The fraction of sp³-hybridized carbons (Fsp3) is 0.278. The molecule has 0 fully saturated rings. The third-order valence-corrected chi connectivity index (χ3v) is 4.51. The average Bonchev–Trinajstić information content (AvgIpc) is 3.23. The van der Waals surface area contributed by atoms with Gasteiger partial charge in [0.05, 0.1) is 41.8 Å². The zero-order chi connectivity index (χ0) is 21.4. The number of pyridine rings is 1. The summed E-state index contributed by atoms with van der Waals surface area (Å²) in [5.74, 6) is -1.40. The molecule has 0 aromatic carbocycles. The second-order valence-corrected chi connectivity index (χ2v) is 6.72. The van der Waals surface area contributed by atoms with E-state index in [-0.39, 0.29) is 18.2 Å². The molecule has 156 valence electrons. The van der Waals surface area contributed by atoms with E-state index < -0.39 is 17.6 Å². The molecule has 0 saturated heterocycles. The number of hydrogen-bond acceptors (Lipinski definition) is 8. The molecular weight excluding hydrogens is 396 g/mol. The van der Waals surface area contributed by atoms with Crippen molar-refractivity contribution in [2.24, 2.45) is 14.1 Å². The van der Waals surface area contributed by atoms with Crippen molar-refractivity contribution in [2.45, 2.75) is 5.92 Å². The summed E-state index contributed by atoms with van der Waals surface area (Å²) >= 11 is 0. The number of hydrogen-bond donors (Lipinski definition) is 2. The predicted molar refractivity (Wildman–Crippen MR) is 105 cm³/mol. The van der Waals surface area contributed by atoms with Gasteiger partial charge in [0.25, 0.3) is 0 Å². The number of nitrogens with zero attached hydrogens (tertiary/aromatic N) is 7. The van der Waals surface area contributed by atoms with Crippen LogP contribution in [0.5, 0.6) is 0 Å². The Morgan fingerprint density at radius 3 is 2.67 bits per heavy atom. The van der Waals surface area contributed by atoms with Crippen molar-refractivity contribution in [2.75, 3.05) is 24.8 Å². The maximum absolute atomic E-state index is 14.6. The second-order valence-electron chi connectivity index (χ2n) is 6.72. The summed E-state index contributed by atoms with van der Waals surface area (Å²) in [6.07, 6.45) is 4.33. The summed E-state index contributed by atoms with van der Waals surface area (Å²) in [5, 5.41) is 8.12. The van der Waals surface area contributed by atoms with Gasteiger partial charge in [0.15, 0.2) is 5.65 Å². The quantitative estimate of drug-likeness (QED) is 0.490. The number of methoxy groups -OCH3 is 1. The average molecular weight is 415 g/mol. The molecule has 1 atom stereocenters. The topological polar surface area (TPSA) is 122 Å². The van der Waals surface area contributed by atoms with Crippen LogP contribution in [0.3, 0.4) is 0 Å². The van der Waals surface area contributed by atoms with Crippen LogP contribution >= 0.6 is 0 Å². The van der Waals surface area contributed by atoms with E-state index in [0.29, 0.717) is 28.4 Å². The molecule has 0 radical (unpaired) electrons. The van der Waals surface area contributed by atoms with E-state index in [1.165, 1.54) is 11.8 Å². The molecule has 0 spiro atoms. The normalized spacial score (nSPS) is 12.4. The van der Waals surface area contributed by atoms with Crippen LogP contribution in [0.2, 0.25) is 0 Å². The number of aryl methyl sites for hydroxylation is 2. The van der Waals surface area contributed by atoms with E-state index in [4.69, 9.17) is 10.5 Å². The molecule has 30 heavy (non-hydrogen) atoms. The number of ether oxygens (including phenoxy) is 1. The molecule has 10 nitrogen and oxygen atoms in total. The minimum atomic E-state index is -0.800. The van der Waals surface area contributed by atoms with E-state index in [0.717, 1.165) is 12.3 Å². The molecule has 0 aliphatic heterocycles. The van der Waals surface area contributed by atoms with Crippen LogP contribution < -0.4 is 11.1 Å². The lowest BCUT2D eigenvalue weighted by atomic mass is 9.98. The molecule has 0 aliphatic rings.